The van der Waals surface area contributed by atoms with Gasteiger partial charge in [0.25, 0.3) is 5.91 Å². The van der Waals surface area contributed by atoms with E-state index in [4.69, 9.17) is 9.84 Å². The molecular weight excluding hydrogens is 278 g/mol. The number of hydrogen-bond acceptors (Lipinski definition) is 4. The number of thiophene rings is 1. The highest BCUT2D eigenvalue weighted by molar-refractivity contribution is 7.18. The predicted octanol–water partition coefficient (Wildman–Crippen LogP) is 3.02. The minimum atomic E-state index is -1.00. The minimum Gasteiger partial charge on any atom is -0.497 e. The summed E-state index contributed by atoms with van der Waals surface area (Å²) in [7, 11) is 1.56. The summed E-state index contributed by atoms with van der Waals surface area (Å²) < 4.78 is 5.08. The van der Waals surface area contributed by atoms with E-state index in [9.17, 15) is 9.59 Å². The lowest BCUT2D eigenvalue weighted by Crippen LogP contribution is -2.12. The Morgan fingerprint density at radius 2 is 2.00 bits per heavy atom. The van der Waals surface area contributed by atoms with Crippen molar-refractivity contribution < 1.29 is 19.4 Å². The average Bonchev–Trinajstić information content (AvgIpc) is 2.87. The molecule has 0 saturated heterocycles. The van der Waals surface area contributed by atoms with Gasteiger partial charge in [-0.1, -0.05) is 0 Å². The number of carbonyl (C=O) groups is 2. The average molecular weight is 291 g/mol. The van der Waals surface area contributed by atoms with Gasteiger partial charge in [-0.05, 0) is 42.8 Å². The van der Waals surface area contributed by atoms with Crippen molar-refractivity contribution in [1.82, 2.24) is 0 Å². The van der Waals surface area contributed by atoms with Crippen LogP contribution in [0.2, 0.25) is 0 Å². The van der Waals surface area contributed by atoms with Crippen LogP contribution in [0.3, 0.4) is 0 Å². The Kier molecular flexibility index (Phi) is 4.05. The van der Waals surface area contributed by atoms with E-state index in [1.54, 1.807) is 31.4 Å². The van der Waals surface area contributed by atoms with E-state index in [2.05, 4.69) is 5.32 Å². The van der Waals surface area contributed by atoms with Gasteiger partial charge in [0.2, 0.25) is 0 Å². The number of rotatable bonds is 4. The Morgan fingerprint density at radius 3 is 2.55 bits per heavy atom. The Balaban J connectivity index is 2.17. The molecule has 104 valence electrons. The van der Waals surface area contributed by atoms with Crippen LogP contribution in [0.15, 0.2) is 30.3 Å². The molecule has 2 N–H and O–H groups in total. The molecule has 1 aromatic heterocycles. The molecule has 2 aromatic rings. The lowest BCUT2D eigenvalue weighted by molar-refractivity contribution is 0.0702. The van der Waals surface area contributed by atoms with Gasteiger partial charge in [-0.3, -0.25) is 4.79 Å². The zero-order valence-corrected chi connectivity index (χ0v) is 11.8. The number of hydrogen-bond donors (Lipinski definition) is 2. The maximum absolute atomic E-state index is 12.1. The first kappa shape index (κ1) is 14.1. The summed E-state index contributed by atoms with van der Waals surface area (Å²) in [5.41, 5.74) is 1.31. The van der Waals surface area contributed by atoms with Crippen LogP contribution in [0.4, 0.5) is 5.00 Å². The van der Waals surface area contributed by atoms with Crippen LogP contribution in [0.1, 0.15) is 25.6 Å². The number of nitrogens with one attached hydrogen (secondary N) is 1. The second-order valence-electron chi connectivity index (χ2n) is 4.10. The fourth-order valence-electron chi connectivity index (χ4n) is 1.72. The van der Waals surface area contributed by atoms with Crippen molar-refractivity contribution >= 4 is 28.2 Å². The predicted molar refractivity (Wildman–Crippen MR) is 77.0 cm³/mol. The van der Waals surface area contributed by atoms with Gasteiger partial charge >= 0.3 is 5.97 Å². The van der Waals surface area contributed by atoms with Crippen molar-refractivity contribution in [3.05, 3.63) is 46.3 Å². The molecule has 0 aliphatic carbocycles. The summed E-state index contributed by atoms with van der Waals surface area (Å²) in [6.45, 7) is 1.81. The molecule has 0 aliphatic rings. The number of carboxylic acid groups (broad SMARTS) is 1. The molecule has 1 amide bonds. The third kappa shape index (κ3) is 2.97. The van der Waals surface area contributed by atoms with Crippen LogP contribution >= 0.6 is 11.3 Å². The molecule has 0 atom stereocenters. The van der Waals surface area contributed by atoms with E-state index in [-0.39, 0.29) is 10.8 Å². The lowest BCUT2D eigenvalue weighted by atomic mass is 10.1. The number of aromatic carboxylic acids is 1. The van der Waals surface area contributed by atoms with E-state index in [1.807, 2.05) is 6.92 Å². The van der Waals surface area contributed by atoms with Gasteiger partial charge in [-0.2, -0.15) is 0 Å². The Labute approximate surface area is 119 Å². The van der Waals surface area contributed by atoms with Crippen molar-refractivity contribution in [1.29, 1.82) is 0 Å². The fourth-order valence-corrected chi connectivity index (χ4v) is 2.46. The largest absolute Gasteiger partial charge is 0.497 e. The lowest BCUT2D eigenvalue weighted by Gasteiger charge is -2.07. The molecule has 5 nitrogen and oxygen atoms in total. The van der Waals surface area contributed by atoms with Crippen LogP contribution in [0.25, 0.3) is 0 Å². The van der Waals surface area contributed by atoms with Crippen LogP contribution in [-0.2, 0) is 0 Å². The third-order valence-electron chi connectivity index (χ3n) is 2.73. The van der Waals surface area contributed by atoms with Gasteiger partial charge in [0.1, 0.15) is 10.6 Å². The molecule has 0 unspecified atom stereocenters. The number of carbonyl (C=O) groups excluding carboxylic acids is 1. The zero-order valence-electron chi connectivity index (χ0n) is 11.0. The molecule has 20 heavy (non-hydrogen) atoms. The molecule has 2 rings (SSSR count). The van der Waals surface area contributed by atoms with Gasteiger partial charge < -0.3 is 15.2 Å². The molecule has 0 spiro atoms. The fraction of sp³-hybridized carbons (Fsp3) is 0.143. The number of methoxy groups -OCH3 is 1. The molecule has 0 bridgehead atoms. The quantitative estimate of drug-likeness (QED) is 0.908. The summed E-state index contributed by atoms with van der Waals surface area (Å²) in [6, 6.07) is 8.19. The third-order valence-corrected chi connectivity index (χ3v) is 3.72. The second kappa shape index (κ2) is 5.75. The van der Waals surface area contributed by atoms with Crippen LogP contribution in [0.5, 0.6) is 5.75 Å². The highest BCUT2D eigenvalue weighted by atomic mass is 32.1. The van der Waals surface area contributed by atoms with Crippen molar-refractivity contribution in [2.45, 2.75) is 6.92 Å². The van der Waals surface area contributed by atoms with E-state index in [1.165, 1.54) is 6.07 Å². The van der Waals surface area contributed by atoms with E-state index in [0.29, 0.717) is 16.3 Å². The van der Waals surface area contributed by atoms with Crippen molar-refractivity contribution in [3.8, 4) is 5.75 Å². The van der Waals surface area contributed by atoms with Gasteiger partial charge in [0.05, 0.1) is 12.1 Å². The van der Waals surface area contributed by atoms with Crippen LogP contribution in [-0.4, -0.2) is 24.1 Å². The van der Waals surface area contributed by atoms with Crippen molar-refractivity contribution in [2.75, 3.05) is 12.4 Å². The Hall–Kier alpha value is -2.34. The zero-order chi connectivity index (χ0) is 14.7. The minimum absolute atomic E-state index is 0.187. The Bertz CT molecular complexity index is 663. The highest BCUT2D eigenvalue weighted by Gasteiger charge is 2.13. The molecule has 1 aromatic carbocycles. The van der Waals surface area contributed by atoms with Crippen LogP contribution in [0, 0.1) is 6.92 Å². The van der Waals surface area contributed by atoms with E-state index in [0.717, 1.165) is 16.9 Å². The summed E-state index contributed by atoms with van der Waals surface area (Å²) in [6.07, 6.45) is 0. The normalized spacial score (nSPS) is 10.1. The number of ether oxygens (including phenoxy) is 1. The van der Waals surface area contributed by atoms with Gasteiger partial charge in [-0.15, -0.1) is 11.3 Å². The first-order valence-electron chi connectivity index (χ1n) is 5.80. The SMILES string of the molecule is COc1ccc(C(=O)Nc2ccc(C(=O)O)s2)c(C)c1. The van der Waals surface area contributed by atoms with Gasteiger partial charge in [-0.25, -0.2) is 4.79 Å². The molecule has 0 fully saturated rings. The van der Waals surface area contributed by atoms with Gasteiger partial charge in [0.15, 0.2) is 0 Å². The maximum atomic E-state index is 12.1. The maximum Gasteiger partial charge on any atom is 0.345 e. The summed E-state index contributed by atoms with van der Waals surface area (Å²) in [5, 5.41) is 12.0. The van der Waals surface area contributed by atoms with Crippen molar-refractivity contribution in [3.63, 3.8) is 0 Å². The number of anilines is 1. The first-order valence-corrected chi connectivity index (χ1v) is 6.62. The number of amides is 1. The molecular formula is C14H13NO4S. The molecule has 0 radical (unpaired) electrons. The van der Waals surface area contributed by atoms with E-state index >= 15 is 0 Å². The first-order chi connectivity index (χ1) is 9.51. The molecule has 1 heterocycles. The van der Waals surface area contributed by atoms with Gasteiger partial charge in [0, 0.05) is 5.56 Å². The number of aryl methyl sites for hydroxylation is 1. The summed E-state index contributed by atoms with van der Waals surface area (Å²) >= 11 is 1.02. The van der Waals surface area contributed by atoms with E-state index < -0.39 is 5.97 Å². The Morgan fingerprint density at radius 1 is 1.25 bits per heavy atom. The molecule has 6 heteroatoms. The summed E-state index contributed by atoms with van der Waals surface area (Å²) in [4.78, 5) is 23.1. The highest BCUT2D eigenvalue weighted by Crippen LogP contribution is 2.23. The smallest absolute Gasteiger partial charge is 0.345 e. The standard InChI is InChI=1S/C14H13NO4S/c1-8-7-9(19-2)3-4-10(8)13(16)15-12-6-5-11(20-12)14(17)18/h3-7H,1-2H3,(H,15,16)(H,17,18). The molecule has 0 saturated carbocycles. The number of carboxylic acids is 1. The van der Waals surface area contributed by atoms with Crippen LogP contribution < -0.4 is 10.1 Å². The summed E-state index contributed by atoms with van der Waals surface area (Å²) in [5.74, 6) is -0.594. The monoisotopic (exact) mass is 291 g/mol. The second-order valence-corrected chi connectivity index (χ2v) is 5.19. The topological polar surface area (TPSA) is 75.6 Å². The molecule has 0 aliphatic heterocycles. The number of benzene rings is 1. The van der Waals surface area contributed by atoms with Crippen molar-refractivity contribution in [2.24, 2.45) is 0 Å².